The zero-order valence-corrected chi connectivity index (χ0v) is 12.7. The molecule has 0 spiro atoms. The maximum Gasteiger partial charge on any atom is 0.246 e. The number of hydrogen-bond acceptors (Lipinski definition) is 3. The van der Waals surface area contributed by atoms with Crippen LogP contribution >= 0.6 is 0 Å². The van der Waals surface area contributed by atoms with Crippen LogP contribution in [-0.4, -0.2) is 35.6 Å². The summed E-state index contributed by atoms with van der Waals surface area (Å²) in [6.07, 6.45) is 5.95. The highest BCUT2D eigenvalue weighted by Crippen LogP contribution is 2.47. The van der Waals surface area contributed by atoms with Crippen molar-refractivity contribution >= 4 is 12.0 Å². The minimum Gasteiger partial charge on any atom is -0.461 e. The first kappa shape index (κ1) is 14.4. The minimum absolute atomic E-state index is 0.0193. The maximum atomic E-state index is 12.0. The fourth-order valence-corrected chi connectivity index (χ4v) is 2.98. The summed E-state index contributed by atoms with van der Waals surface area (Å²) in [5.74, 6) is 3.48. The van der Waals surface area contributed by atoms with Crippen molar-refractivity contribution in [1.29, 1.82) is 0 Å². The molecule has 0 saturated heterocycles. The van der Waals surface area contributed by atoms with Gasteiger partial charge in [-0.2, -0.15) is 0 Å². The van der Waals surface area contributed by atoms with E-state index in [1.807, 2.05) is 12.1 Å². The molecule has 2 unspecified atom stereocenters. The van der Waals surface area contributed by atoms with Crippen molar-refractivity contribution in [2.75, 3.05) is 13.6 Å². The summed E-state index contributed by atoms with van der Waals surface area (Å²) in [5, 5.41) is 9.26. The van der Waals surface area contributed by atoms with Gasteiger partial charge in [-0.25, -0.2) is 0 Å². The van der Waals surface area contributed by atoms with Crippen LogP contribution in [0, 0.1) is 11.8 Å². The van der Waals surface area contributed by atoms with E-state index in [9.17, 15) is 9.90 Å². The topological polar surface area (TPSA) is 53.7 Å². The van der Waals surface area contributed by atoms with E-state index in [-0.39, 0.29) is 12.0 Å². The van der Waals surface area contributed by atoms with E-state index in [4.69, 9.17) is 4.42 Å². The van der Waals surface area contributed by atoms with E-state index in [1.165, 1.54) is 6.42 Å². The van der Waals surface area contributed by atoms with Crippen LogP contribution in [0.2, 0.25) is 0 Å². The SMILES string of the molecule is CC1CC1c1ccc(C=CC(=O)N(C)CC2CC(O)C2)o1. The Bertz CT molecular complexity index is 542. The van der Waals surface area contributed by atoms with Crippen molar-refractivity contribution in [3.05, 3.63) is 29.7 Å². The highest BCUT2D eigenvalue weighted by atomic mass is 16.3. The van der Waals surface area contributed by atoms with Crippen LogP contribution in [-0.2, 0) is 4.79 Å². The Balaban J connectivity index is 1.50. The Kier molecular flexibility index (Phi) is 3.89. The van der Waals surface area contributed by atoms with Gasteiger partial charge in [0.2, 0.25) is 5.91 Å². The molecule has 4 nitrogen and oxygen atoms in total. The van der Waals surface area contributed by atoms with Gasteiger partial charge in [0, 0.05) is 25.6 Å². The molecule has 0 radical (unpaired) electrons. The van der Waals surface area contributed by atoms with Gasteiger partial charge in [0.15, 0.2) is 0 Å². The summed E-state index contributed by atoms with van der Waals surface area (Å²) in [5.41, 5.74) is 0. The quantitative estimate of drug-likeness (QED) is 0.848. The third-order valence-corrected chi connectivity index (χ3v) is 4.63. The summed E-state index contributed by atoms with van der Waals surface area (Å²) >= 11 is 0. The van der Waals surface area contributed by atoms with E-state index in [2.05, 4.69) is 6.92 Å². The normalized spacial score (nSPS) is 31.2. The molecule has 2 fully saturated rings. The lowest BCUT2D eigenvalue weighted by Crippen LogP contribution is -2.38. The number of rotatable bonds is 5. The van der Waals surface area contributed by atoms with Crippen LogP contribution < -0.4 is 0 Å². The summed E-state index contributed by atoms with van der Waals surface area (Å²) in [7, 11) is 1.80. The summed E-state index contributed by atoms with van der Waals surface area (Å²) in [4.78, 5) is 13.7. The first-order valence-corrected chi connectivity index (χ1v) is 7.74. The number of likely N-dealkylation sites (N-methyl/N-ethyl adjacent to an activating group) is 1. The smallest absolute Gasteiger partial charge is 0.246 e. The molecule has 0 bridgehead atoms. The second-order valence-corrected chi connectivity index (χ2v) is 6.60. The molecule has 2 atom stereocenters. The minimum atomic E-state index is -0.166. The van der Waals surface area contributed by atoms with Gasteiger partial charge < -0.3 is 14.4 Å². The average molecular weight is 289 g/mol. The van der Waals surface area contributed by atoms with Crippen LogP contribution in [0.3, 0.4) is 0 Å². The zero-order chi connectivity index (χ0) is 15.0. The number of nitrogens with zero attached hydrogens (tertiary/aromatic N) is 1. The predicted octanol–water partition coefficient (Wildman–Crippen LogP) is 2.65. The molecule has 1 aromatic rings. The molecule has 1 aromatic heterocycles. The number of amides is 1. The van der Waals surface area contributed by atoms with Crippen molar-refractivity contribution in [2.24, 2.45) is 11.8 Å². The number of hydrogen-bond donors (Lipinski definition) is 1. The van der Waals surface area contributed by atoms with E-state index in [0.29, 0.717) is 18.4 Å². The molecule has 0 aliphatic heterocycles. The molecule has 1 N–H and O–H groups in total. The second-order valence-electron chi connectivity index (χ2n) is 6.60. The van der Waals surface area contributed by atoms with Crippen molar-refractivity contribution < 1.29 is 14.3 Å². The molecule has 4 heteroatoms. The van der Waals surface area contributed by atoms with Gasteiger partial charge in [-0.15, -0.1) is 0 Å². The van der Waals surface area contributed by atoms with Gasteiger partial charge in [-0.1, -0.05) is 6.92 Å². The van der Waals surface area contributed by atoms with Gasteiger partial charge in [0.1, 0.15) is 11.5 Å². The van der Waals surface area contributed by atoms with Gasteiger partial charge >= 0.3 is 0 Å². The zero-order valence-electron chi connectivity index (χ0n) is 12.7. The highest BCUT2D eigenvalue weighted by molar-refractivity contribution is 5.91. The summed E-state index contributed by atoms with van der Waals surface area (Å²) in [6, 6.07) is 3.93. The monoisotopic (exact) mass is 289 g/mol. The largest absolute Gasteiger partial charge is 0.461 e. The third-order valence-electron chi connectivity index (χ3n) is 4.63. The van der Waals surface area contributed by atoms with Crippen molar-refractivity contribution in [3.8, 4) is 0 Å². The Morgan fingerprint density at radius 2 is 2.14 bits per heavy atom. The van der Waals surface area contributed by atoms with E-state index >= 15 is 0 Å². The first-order chi connectivity index (χ1) is 10.0. The molecular weight excluding hydrogens is 266 g/mol. The lowest BCUT2D eigenvalue weighted by molar-refractivity contribution is -0.126. The standard InChI is InChI=1S/C17H23NO3/c1-11-7-15(11)16-5-3-14(21-16)4-6-17(20)18(2)10-12-8-13(19)9-12/h3-6,11-13,15,19H,7-10H2,1-2H3. The number of aliphatic hydroxyl groups excluding tert-OH is 1. The van der Waals surface area contributed by atoms with Crippen molar-refractivity contribution in [3.63, 3.8) is 0 Å². The van der Waals surface area contributed by atoms with Gasteiger partial charge in [-0.05, 0) is 49.3 Å². The Morgan fingerprint density at radius 3 is 2.76 bits per heavy atom. The Morgan fingerprint density at radius 1 is 1.43 bits per heavy atom. The maximum absolute atomic E-state index is 12.0. The second kappa shape index (κ2) is 5.68. The summed E-state index contributed by atoms with van der Waals surface area (Å²) in [6.45, 7) is 2.93. The Labute approximate surface area is 125 Å². The van der Waals surface area contributed by atoms with Crippen LogP contribution in [0.1, 0.15) is 43.6 Å². The summed E-state index contributed by atoms with van der Waals surface area (Å²) < 4.78 is 5.75. The van der Waals surface area contributed by atoms with Gasteiger partial charge in [-0.3, -0.25) is 4.79 Å². The van der Waals surface area contributed by atoms with Crippen molar-refractivity contribution in [2.45, 2.75) is 38.2 Å². The average Bonchev–Trinajstić information content (AvgIpc) is 2.97. The molecule has 21 heavy (non-hydrogen) atoms. The van der Waals surface area contributed by atoms with Gasteiger partial charge in [0.05, 0.1) is 6.10 Å². The van der Waals surface area contributed by atoms with Crippen LogP contribution in [0.4, 0.5) is 0 Å². The molecule has 3 rings (SSSR count). The lowest BCUT2D eigenvalue weighted by Gasteiger charge is -2.34. The molecule has 114 valence electrons. The van der Waals surface area contributed by atoms with Crippen LogP contribution in [0.5, 0.6) is 0 Å². The molecule has 2 saturated carbocycles. The fraction of sp³-hybridized carbons (Fsp3) is 0.588. The fourth-order valence-electron chi connectivity index (χ4n) is 2.98. The molecule has 2 aliphatic carbocycles. The first-order valence-electron chi connectivity index (χ1n) is 7.74. The highest BCUT2D eigenvalue weighted by Gasteiger charge is 2.36. The third kappa shape index (κ3) is 3.38. The van der Waals surface area contributed by atoms with E-state index in [1.54, 1.807) is 24.1 Å². The molecule has 2 aliphatic rings. The molecule has 1 amide bonds. The predicted molar refractivity (Wildman–Crippen MR) is 80.6 cm³/mol. The number of aliphatic hydroxyl groups is 1. The van der Waals surface area contributed by atoms with E-state index < -0.39 is 0 Å². The van der Waals surface area contributed by atoms with Gasteiger partial charge in [0.25, 0.3) is 0 Å². The lowest BCUT2D eigenvalue weighted by atomic mass is 9.82. The molecule has 0 aromatic carbocycles. The molecule has 1 heterocycles. The Hall–Kier alpha value is -1.55. The number of carbonyl (C=O) groups is 1. The van der Waals surface area contributed by atoms with Crippen molar-refractivity contribution in [1.82, 2.24) is 4.90 Å². The molecular formula is C17H23NO3. The number of furan rings is 1. The van der Waals surface area contributed by atoms with E-state index in [0.717, 1.165) is 30.3 Å². The van der Waals surface area contributed by atoms with Crippen LogP contribution in [0.25, 0.3) is 6.08 Å². The van der Waals surface area contributed by atoms with Crippen LogP contribution in [0.15, 0.2) is 22.6 Å². The number of carbonyl (C=O) groups excluding carboxylic acids is 1.